The Kier molecular flexibility index (Phi) is 13.6. The van der Waals surface area contributed by atoms with Crippen molar-refractivity contribution in [1.82, 2.24) is 0 Å². The summed E-state index contributed by atoms with van der Waals surface area (Å²) in [5, 5.41) is -0.632. The Morgan fingerprint density at radius 1 is 0.756 bits per heavy atom. The molecular weight excluding hydrogens is 586 g/mol. The maximum absolute atomic E-state index is 12.1. The lowest BCUT2D eigenvalue weighted by Crippen LogP contribution is -2.24. The summed E-state index contributed by atoms with van der Waals surface area (Å²) in [4.78, 5) is 27.2. The molecule has 41 heavy (non-hydrogen) atoms. The lowest BCUT2D eigenvalue weighted by atomic mass is 10.0. The molecule has 0 radical (unpaired) electrons. The molecule has 2 aromatic carbocycles. The number of guanidine groups is 1. The Morgan fingerprint density at radius 3 is 1.46 bits per heavy atom. The molecule has 0 heterocycles. The summed E-state index contributed by atoms with van der Waals surface area (Å²) in [5.41, 5.74) is 13.5. The van der Waals surface area contributed by atoms with Crippen LogP contribution in [0.1, 0.15) is 83.5 Å². The van der Waals surface area contributed by atoms with Crippen LogP contribution in [-0.4, -0.2) is 46.5 Å². The van der Waals surface area contributed by atoms with Gasteiger partial charge in [0.15, 0.2) is 25.6 Å². The highest BCUT2D eigenvalue weighted by Gasteiger charge is 2.20. The van der Waals surface area contributed by atoms with Crippen molar-refractivity contribution in [3.63, 3.8) is 0 Å². The van der Waals surface area contributed by atoms with Crippen LogP contribution in [0, 0.1) is 0 Å². The van der Waals surface area contributed by atoms with E-state index in [1.165, 1.54) is 12.1 Å². The van der Waals surface area contributed by atoms with E-state index in [4.69, 9.17) is 23.1 Å². The average molecular weight is 624 g/mol. The Hall–Kier alpha value is -3.28. The molecular formula is C29H38ClN3O6S2. The van der Waals surface area contributed by atoms with Crippen molar-refractivity contribution < 1.29 is 26.4 Å². The Labute approximate surface area is 248 Å². The van der Waals surface area contributed by atoms with E-state index in [1.807, 2.05) is 39.8 Å². The van der Waals surface area contributed by atoms with Gasteiger partial charge in [-0.3, -0.25) is 9.59 Å². The molecule has 2 rings (SSSR count). The molecule has 0 atom stereocenters. The van der Waals surface area contributed by atoms with Gasteiger partial charge < -0.3 is 11.5 Å². The first kappa shape index (κ1) is 35.7. The van der Waals surface area contributed by atoms with Gasteiger partial charge in [-0.15, -0.1) is 0 Å². The summed E-state index contributed by atoms with van der Waals surface area (Å²) in [7, 11) is -6.89. The summed E-state index contributed by atoms with van der Waals surface area (Å²) in [5.74, 6) is -1.00. The number of allylic oxidation sites excluding steroid dienone is 2. The van der Waals surface area contributed by atoms with Crippen LogP contribution in [0.4, 0.5) is 0 Å². The monoisotopic (exact) mass is 623 g/mol. The van der Waals surface area contributed by atoms with E-state index in [1.54, 1.807) is 24.3 Å². The number of rotatable bonds is 10. The van der Waals surface area contributed by atoms with E-state index in [2.05, 4.69) is 4.99 Å². The van der Waals surface area contributed by atoms with Crippen LogP contribution in [-0.2, 0) is 32.5 Å². The largest absolute Gasteiger partial charge is 0.370 e. The SMILES string of the molecule is CCC=Cc1cc(CC)c(C(=O)Cl)cc1S(C)(=O)=O.CCC=Cc1cc(CC)c(C(=O)N=C(N)N)cc1S(C)(=O)=O. The predicted octanol–water partition coefficient (Wildman–Crippen LogP) is 4.94. The molecule has 0 bridgehead atoms. The van der Waals surface area contributed by atoms with E-state index in [0.717, 1.165) is 30.9 Å². The number of nitrogens with two attached hydrogens (primary N) is 2. The van der Waals surface area contributed by atoms with Crippen LogP contribution in [0.3, 0.4) is 0 Å². The summed E-state index contributed by atoms with van der Waals surface area (Å²) in [6.07, 6.45) is 12.2. The third-order valence-corrected chi connectivity index (χ3v) is 8.28. The highest BCUT2D eigenvalue weighted by Crippen LogP contribution is 2.26. The van der Waals surface area contributed by atoms with Crippen molar-refractivity contribution in [2.24, 2.45) is 16.5 Å². The van der Waals surface area contributed by atoms with Crippen molar-refractivity contribution >= 4 is 60.5 Å². The van der Waals surface area contributed by atoms with Gasteiger partial charge in [-0.25, -0.2) is 16.8 Å². The van der Waals surface area contributed by atoms with Crippen molar-refractivity contribution in [2.75, 3.05) is 12.5 Å². The number of aryl methyl sites for hydroxylation is 2. The molecule has 0 saturated heterocycles. The average Bonchev–Trinajstić information content (AvgIpc) is 2.88. The molecule has 0 aliphatic rings. The molecule has 224 valence electrons. The number of hydrogen-bond acceptors (Lipinski definition) is 6. The van der Waals surface area contributed by atoms with Gasteiger partial charge in [-0.05, 0) is 83.8 Å². The molecule has 1 amide bonds. The van der Waals surface area contributed by atoms with Crippen LogP contribution in [0.15, 0.2) is 51.2 Å². The number of halogens is 1. The van der Waals surface area contributed by atoms with E-state index in [9.17, 15) is 26.4 Å². The zero-order valence-electron chi connectivity index (χ0n) is 24.2. The van der Waals surface area contributed by atoms with Crippen molar-refractivity contribution in [1.29, 1.82) is 0 Å². The first-order valence-electron chi connectivity index (χ1n) is 12.9. The Balaban J connectivity index is 0.000000414. The minimum absolute atomic E-state index is 0.0866. The second-order valence-corrected chi connectivity index (χ2v) is 13.4. The summed E-state index contributed by atoms with van der Waals surface area (Å²) < 4.78 is 47.6. The lowest BCUT2D eigenvalue weighted by molar-refractivity contribution is 0.100. The van der Waals surface area contributed by atoms with Gasteiger partial charge >= 0.3 is 0 Å². The van der Waals surface area contributed by atoms with E-state index >= 15 is 0 Å². The fourth-order valence-corrected chi connectivity index (χ4v) is 5.77. The van der Waals surface area contributed by atoms with Crippen LogP contribution in [0.25, 0.3) is 12.2 Å². The van der Waals surface area contributed by atoms with Gasteiger partial charge in [0.2, 0.25) is 0 Å². The number of aliphatic imine (C=N–C) groups is 1. The maximum atomic E-state index is 12.1. The van der Waals surface area contributed by atoms with Crippen LogP contribution in [0.5, 0.6) is 0 Å². The normalized spacial score (nSPS) is 11.8. The van der Waals surface area contributed by atoms with Gasteiger partial charge in [0.1, 0.15) is 0 Å². The van der Waals surface area contributed by atoms with Gasteiger partial charge in [-0.2, -0.15) is 4.99 Å². The third kappa shape index (κ3) is 10.6. The summed E-state index contributed by atoms with van der Waals surface area (Å²) >= 11 is 5.51. The van der Waals surface area contributed by atoms with Gasteiger partial charge in [0, 0.05) is 23.6 Å². The number of carbonyl (C=O) groups excluding carboxylic acids is 2. The molecule has 0 saturated carbocycles. The Morgan fingerprint density at radius 2 is 1.15 bits per heavy atom. The van der Waals surface area contributed by atoms with Gasteiger partial charge in [0.25, 0.3) is 11.1 Å². The van der Waals surface area contributed by atoms with E-state index in [-0.39, 0.29) is 26.9 Å². The number of amides is 1. The molecule has 0 fully saturated rings. The lowest BCUT2D eigenvalue weighted by Gasteiger charge is -2.11. The smallest absolute Gasteiger partial charge is 0.280 e. The third-order valence-electron chi connectivity index (χ3n) is 5.77. The second-order valence-electron chi connectivity index (χ2n) is 9.08. The quantitative estimate of drug-likeness (QED) is 0.213. The number of nitrogens with zero attached hydrogens (tertiary/aromatic N) is 1. The molecule has 4 N–H and O–H groups in total. The molecule has 2 aromatic rings. The van der Waals surface area contributed by atoms with Crippen molar-refractivity contribution in [3.8, 4) is 0 Å². The number of hydrogen-bond donors (Lipinski definition) is 2. The molecule has 0 unspecified atom stereocenters. The predicted molar refractivity (Wildman–Crippen MR) is 167 cm³/mol. The summed E-state index contributed by atoms with van der Waals surface area (Å²) in [6, 6.07) is 6.13. The van der Waals surface area contributed by atoms with Gasteiger partial charge in [-0.1, -0.05) is 52.0 Å². The molecule has 12 heteroatoms. The molecule has 0 aliphatic heterocycles. The van der Waals surface area contributed by atoms with Crippen molar-refractivity contribution in [2.45, 2.75) is 63.2 Å². The molecule has 0 aromatic heterocycles. The van der Waals surface area contributed by atoms with Crippen LogP contribution >= 0.6 is 11.6 Å². The standard InChI is InChI=1S/C15H21N3O3S.C14H17ClO3S/c1-4-6-7-11-8-10(5-2)12(14(19)18-15(16)17)9-13(11)22(3,20)21;1-4-6-7-11-8-10(5-2)12(14(15)16)9-13(11)19(3,17)18/h6-9H,4-5H2,1-3H3,(H4,16,17,18,19);6-9H,4-5H2,1-3H3. The fourth-order valence-electron chi connectivity index (χ4n) is 3.82. The topological polar surface area (TPSA) is 167 Å². The van der Waals surface area contributed by atoms with E-state index < -0.39 is 30.8 Å². The minimum Gasteiger partial charge on any atom is -0.370 e. The summed E-state index contributed by atoms with van der Waals surface area (Å²) in [6.45, 7) is 7.68. The molecule has 0 spiro atoms. The number of carbonyl (C=O) groups is 2. The highest BCUT2D eigenvalue weighted by molar-refractivity contribution is 7.91. The zero-order valence-corrected chi connectivity index (χ0v) is 26.6. The first-order chi connectivity index (χ1) is 19.0. The first-order valence-corrected chi connectivity index (χ1v) is 17.1. The van der Waals surface area contributed by atoms with Crippen molar-refractivity contribution in [3.05, 3.63) is 69.8 Å². The van der Waals surface area contributed by atoms with Crippen LogP contribution < -0.4 is 11.5 Å². The molecule has 0 aliphatic carbocycles. The van der Waals surface area contributed by atoms with Crippen LogP contribution in [0.2, 0.25) is 0 Å². The fraction of sp³-hybridized carbons (Fsp3) is 0.345. The highest BCUT2D eigenvalue weighted by atomic mass is 35.5. The minimum atomic E-state index is -3.49. The molecule has 9 nitrogen and oxygen atoms in total. The van der Waals surface area contributed by atoms with E-state index in [0.29, 0.717) is 29.5 Å². The second kappa shape index (κ2) is 15.6. The maximum Gasteiger partial charge on any atom is 0.280 e. The zero-order chi connectivity index (χ0) is 31.5. The number of benzene rings is 2. The Bertz CT molecular complexity index is 1590. The number of sulfone groups is 2. The van der Waals surface area contributed by atoms with Gasteiger partial charge in [0.05, 0.1) is 9.79 Å².